The molecule has 6 aliphatic rings. The van der Waals surface area contributed by atoms with Gasteiger partial charge in [0, 0.05) is 35.1 Å². The summed E-state index contributed by atoms with van der Waals surface area (Å²) in [6.45, 7) is 0. The van der Waals surface area contributed by atoms with E-state index in [4.69, 9.17) is 9.47 Å². The SMILES string of the molecule is C1=C2Cc3cc4ccccc4c1c3OC21Oc2c3cc4ccccc4c2C=C1C3. The normalized spacial score (nSPS) is 18.6. The molecular weight excluding hydrogens is 356 g/mol. The van der Waals surface area contributed by atoms with Crippen LogP contribution in [0.3, 0.4) is 0 Å². The van der Waals surface area contributed by atoms with Crippen LogP contribution in [0.2, 0.25) is 0 Å². The van der Waals surface area contributed by atoms with Crippen LogP contribution < -0.4 is 9.47 Å². The van der Waals surface area contributed by atoms with Crippen molar-refractivity contribution < 1.29 is 9.47 Å². The summed E-state index contributed by atoms with van der Waals surface area (Å²) < 4.78 is 13.4. The topological polar surface area (TPSA) is 18.5 Å². The van der Waals surface area contributed by atoms with Gasteiger partial charge < -0.3 is 9.47 Å². The smallest absolute Gasteiger partial charge is 0.298 e. The summed E-state index contributed by atoms with van der Waals surface area (Å²) >= 11 is 0. The Morgan fingerprint density at radius 1 is 0.621 bits per heavy atom. The van der Waals surface area contributed by atoms with Gasteiger partial charge in [-0.3, -0.25) is 0 Å². The van der Waals surface area contributed by atoms with E-state index in [1.807, 2.05) is 0 Å². The van der Waals surface area contributed by atoms with Gasteiger partial charge in [0.05, 0.1) is 0 Å². The maximum Gasteiger partial charge on any atom is 0.298 e. The molecule has 4 heterocycles. The Morgan fingerprint density at radius 3 is 1.59 bits per heavy atom. The van der Waals surface area contributed by atoms with Gasteiger partial charge in [0.15, 0.2) is 0 Å². The van der Waals surface area contributed by atoms with Gasteiger partial charge in [-0.15, -0.1) is 0 Å². The van der Waals surface area contributed by atoms with Crippen LogP contribution >= 0.6 is 0 Å². The van der Waals surface area contributed by atoms with Crippen LogP contribution in [0.1, 0.15) is 22.3 Å². The molecule has 2 heteroatoms. The molecule has 1 spiro atoms. The molecule has 0 saturated heterocycles. The average molecular weight is 372 g/mol. The lowest BCUT2D eigenvalue weighted by Gasteiger charge is -2.49. The predicted molar refractivity (Wildman–Crippen MR) is 115 cm³/mol. The highest BCUT2D eigenvalue weighted by Gasteiger charge is 2.54. The minimum absolute atomic E-state index is 0.745. The van der Waals surface area contributed by atoms with E-state index in [2.05, 4.69) is 72.8 Å². The maximum atomic E-state index is 6.72. The predicted octanol–water partition coefficient (Wildman–Crippen LogP) is 6.05. The van der Waals surface area contributed by atoms with Crippen LogP contribution in [0.25, 0.3) is 33.7 Å². The Morgan fingerprint density at radius 2 is 1.10 bits per heavy atom. The molecule has 10 rings (SSSR count). The third-order valence-corrected chi connectivity index (χ3v) is 6.97. The highest BCUT2D eigenvalue weighted by atomic mass is 16.7. The molecule has 0 amide bonds. The molecule has 0 unspecified atom stereocenters. The van der Waals surface area contributed by atoms with Crippen molar-refractivity contribution in [2.24, 2.45) is 0 Å². The van der Waals surface area contributed by atoms with E-state index in [1.165, 1.54) is 54.9 Å². The fourth-order valence-corrected chi connectivity index (χ4v) is 5.68. The molecule has 0 radical (unpaired) electrons. The summed E-state index contributed by atoms with van der Waals surface area (Å²) in [6, 6.07) is 21.7. The number of benzene rings is 4. The van der Waals surface area contributed by atoms with E-state index in [0.717, 1.165) is 24.3 Å². The number of rotatable bonds is 0. The van der Waals surface area contributed by atoms with Crippen LogP contribution in [-0.4, -0.2) is 5.79 Å². The fraction of sp³-hybridized carbons (Fsp3) is 0.111. The van der Waals surface area contributed by atoms with Crippen molar-refractivity contribution in [2.75, 3.05) is 0 Å². The molecule has 136 valence electrons. The van der Waals surface area contributed by atoms with Crippen molar-refractivity contribution in [3.05, 3.63) is 94.1 Å². The highest BCUT2D eigenvalue weighted by molar-refractivity contribution is 6.00. The number of ether oxygens (including phenoxy) is 2. The van der Waals surface area contributed by atoms with Gasteiger partial charge >= 0.3 is 0 Å². The Labute approximate surface area is 167 Å². The van der Waals surface area contributed by atoms with Crippen molar-refractivity contribution in [3.8, 4) is 11.5 Å². The first-order valence-electron chi connectivity index (χ1n) is 10.2. The van der Waals surface area contributed by atoms with Crippen LogP contribution in [0.4, 0.5) is 0 Å². The van der Waals surface area contributed by atoms with E-state index >= 15 is 0 Å². The number of fused-ring (bicyclic) bond motifs is 2. The first-order valence-corrected chi connectivity index (χ1v) is 10.2. The zero-order valence-electron chi connectivity index (χ0n) is 15.7. The minimum Gasteiger partial charge on any atom is -0.444 e. The van der Waals surface area contributed by atoms with Crippen molar-refractivity contribution in [1.29, 1.82) is 0 Å². The molecule has 4 aromatic carbocycles. The molecule has 0 aromatic heterocycles. The van der Waals surface area contributed by atoms with Gasteiger partial charge in [0.1, 0.15) is 11.5 Å². The molecule has 0 N–H and O–H groups in total. The van der Waals surface area contributed by atoms with Crippen LogP contribution in [-0.2, 0) is 12.8 Å². The maximum absolute atomic E-state index is 6.72. The summed E-state index contributed by atoms with van der Waals surface area (Å²) in [5.41, 5.74) is 7.40. The van der Waals surface area contributed by atoms with E-state index < -0.39 is 5.79 Å². The van der Waals surface area contributed by atoms with Gasteiger partial charge in [-0.2, -0.15) is 0 Å². The highest BCUT2D eigenvalue weighted by Crippen LogP contribution is 2.57. The average Bonchev–Trinajstić information content (AvgIpc) is 2.74. The first-order chi connectivity index (χ1) is 14.3. The quantitative estimate of drug-likeness (QED) is 0.374. The lowest BCUT2D eigenvalue weighted by atomic mass is 9.75. The van der Waals surface area contributed by atoms with Crippen molar-refractivity contribution in [1.82, 2.24) is 0 Å². The second-order valence-electron chi connectivity index (χ2n) is 8.51. The Bertz CT molecular complexity index is 1390. The molecule has 4 aromatic rings. The third kappa shape index (κ3) is 1.58. The van der Waals surface area contributed by atoms with Gasteiger partial charge in [0.25, 0.3) is 5.79 Å². The molecule has 0 atom stereocenters. The van der Waals surface area contributed by atoms with Crippen molar-refractivity contribution in [3.63, 3.8) is 0 Å². The summed E-state index contributed by atoms with van der Waals surface area (Å²) in [6.07, 6.45) is 6.42. The lowest BCUT2D eigenvalue weighted by molar-refractivity contribution is -0.0674. The number of hydrogen-bond donors (Lipinski definition) is 0. The van der Waals surface area contributed by atoms with E-state index in [1.54, 1.807) is 0 Å². The largest absolute Gasteiger partial charge is 0.444 e. The summed E-state index contributed by atoms with van der Waals surface area (Å²) in [5.74, 6) is 1.25. The number of hydrogen-bond acceptors (Lipinski definition) is 2. The van der Waals surface area contributed by atoms with E-state index in [-0.39, 0.29) is 0 Å². The molecule has 0 fully saturated rings. The molecular formula is C27H16O2. The minimum atomic E-state index is -0.745. The molecule has 2 aliphatic carbocycles. The zero-order chi connectivity index (χ0) is 18.7. The summed E-state index contributed by atoms with van der Waals surface area (Å²) in [7, 11) is 0. The van der Waals surface area contributed by atoms with Gasteiger partial charge in [0.2, 0.25) is 0 Å². The lowest BCUT2D eigenvalue weighted by Crippen LogP contribution is -2.54. The monoisotopic (exact) mass is 372 g/mol. The molecule has 0 saturated carbocycles. The van der Waals surface area contributed by atoms with Crippen molar-refractivity contribution in [2.45, 2.75) is 18.6 Å². The first kappa shape index (κ1) is 14.5. The molecule has 4 aliphatic heterocycles. The van der Waals surface area contributed by atoms with Crippen LogP contribution in [0.5, 0.6) is 11.5 Å². The standard InChI is InChI=1S/C27H16O2/c1-3-7-21-15(5-1)9-17-11-19-13-23(21)25(17)28-27(19)20-12-18-10-16-6-2-4-8-22(16)24(14-20)26(18)29-27/h1-10,13-14H,11-12H2. The molecule has 8 bridgehead atoms. The molecule has 29 heavy (non-hydrogen) atoms. The Balaban J connectivity index is 1.36. The summed E-state index contributed by atoms with van der Waals surface area (Å²) in [5, 5.41) is 5.07. The molecule has 2 nitrogen and oxygen atoms in total. The van der Waals surface area contributed by atoms with Crippen molar-refractivity contribution >= 4 is 33.7 Å². The Kier molecular flexibility index (Phi) is 2.27. The second-order valence-corrected chi connectivity index (χ2v) is 8.51. The van der Waals surface area contributed by atoms with Gasteiger partial charge in [-0.25, -0.2) is 0 Å². The van der Waals surface area contributed by atoms with Gasteiger partial charge in [-0.1, -0.05) is 48.5 Å². The third-order valence-electron chi connectivity index (χ3n) is 6.97. The van der Waals surface area contributed by atoms with E-state index in [0.29, 0.717) is 0 Å². The summed E-state index contributed by atoms with van der Waals surface area (Å²) in [4.78, 5) is 0. The fourth-order valence-electron chi connectivity index (χ4n) is 5.68. The van der Waals surface area contributed by atoms with Crippen LogP contribution in [0.15, 0.2) is 71.8 Å². The van der Waals surface area contributed by atoms with E-state index in [9.17, 15) is 0 Å². The zero-order valence-corrected chi connectivity index (χ0v) is 15.7. The Hall–Kier alpha value is -3.52. The second kappa shape index (κ2) is 4.55. The van der Waals surface area contributed by atoms with Crippen LogP contribution in [0, 0.1) is 0 Å². The van der Waals surface area contributed by atoms with Gasteiger partial charge in [-0.05, 0) is 57.0 Å².